The Bertz CT molecular complexity index is 867. The Hall–Kier alpha value is -2.75. The molecule has 0 amide bonds. The minimum absolute atomic E-state index is 0.0822. The van der Waals surface area contributed by atoms with Gasteiger partial charge in [-0.1, -0.05) is 6.08 Å². The fourth-order valence-corrected chi connectivity index (χ4v) is 3.27. The standard InChI is InChI=1S/C18H15BrF3NO5/c1-10-8-11(28-18(20,21)22)9-13(19)14(10)23-7-5-4-6-12(16(24)26-2)15(23)17(25)27-3/h4-9H,1-3H3. The number of ether oxygens (including phenoxy) is 3. The Morgan fingerprint density at radius 3 is 2.25 bits per heavy atom. The van der Waals surface area contributed by atoms with Crippen molar-refractivity contribution in [2.24, 2.45) is 0 Å². The SMILES string of the molecule is COC(=O)C1=C(C(=O)OC)N(c2c(C)cc(OC(F)(F)F)cc2Br)C=CC=C1. The number of rotatable bonds is 4. The number of methoxy groups -OCH3 is 2. The van der Waals surface area contributed by atoms with E-state index in [2.05, 4.69) is 20.7 Å². The van der Waals surface area contributed by atoms with Gasteiger partial charge in [0.05, 0.1) is 25.5 Å². The predicted molar refractivity (Wildman–Crippen MR) is 97.4 cm³/mol. The number of benzene rings is 1. The van der Waals surface area contributed by atoms with Gasteiger partial charge in [-0.3, -0.25) is 0 Å². The summed E-state index contributed by atoms with van der Waals surface area (Å²) in [6, 6.07) is 2.27. The summed E-state index contributed by atoms with van der Waals surface area (Å²) in [6.45, 7) is 1.53. The maximum atomic E-state index is 12.5. The zero-order chi connectivity index (χ0) is 21.1. The van der Waals surface area contributed by atoms with Crippen molar-refractivity contribution < 1.29 is 37.0 Å². The molecule has 0 fully saturated rings. The van der Waals surface area contributed by atoms with E-state index in [-0.39, 0.29) is 15.7 Å². The molecule has 1 aromatic carbocycles. The average molecular weight is 462 g/mol. The number of carbonyl (C=O) groups excluding carboxylic acids is 2. The first-order chi connectivity index (χ1) is 13.1. The van der Waals surface area contributed by atoms with Gasteiger partial charge in [0.2, 0.25) is 0 Å². The number of esters is 2. The lowest BCUT2D eigenvalue weighted by atomic mass is 10.1. The summed E-state index contributed by atoms with van der Waals surface area (Å²) in [5, 5.41) is 0. The van der Waals surface area contributed by atoms with E-state index in [9.17, 15) is 22.8 Å². The fourth-order valence-electron chi connectivity index (χ4n) is 2.54. The minimum atomic E-state index is -4.85. The molecule has 0 saturated carbocycles. The molecule has 0 saturated heterocycles. The smallest absolute Gasteiger partial charge is 0.465 e. The van der Waals surface area contributed by atoms with Crippen LogP contribution in [0.3, 0.4) is 0 Å². The molecule has 0 atom stereocenters. The van der Waals surface area contributed by atoms with Crippen LogP contribution in [0.5, 0.6) is 5.75 Å². The lowest BCUT2D eigenvalue weighted by molar-refractivity contribution is -0.274. The van der Waals surface area contributed by atoms with Gasteiger partial charge in [0.1, 0.15) is 11.4 Å². The monoisotopic (exact) mass is 461 g/mol. The molecule has 0 aromatic heterocycles. The van der Waals surface area contributed by atoms with Crippen LogP contribution in [0.15, 0.2) is 52.3 Å². The first-order valence-electron chi connectivity index (χ1n) is 7.70. The fraction of sp³-hybridized carbons (Fsp3) is 0.222. The van der Waals surface area contributed by atoms with Crippen LogP contribution in [0.2, 0.25) is 0 Å². The van der Waals surface area contributed by atoms with Crippen LogP contribution in [0.25, 0.3) is 0 Å². The highest BCUT2D eigenvalue weighted by Gasteiger charge is 2.33. The Morgan fingerprint density at radius 1 is 1.07 bits per heavy atom. The van der Waals surface area contributed by atoms with E-state index in [4.69, 9.17) is 9.47 Å². The van der Waals surface area contributed by atoms with Gasteiger partial charge in [0.15, 0.2) is 0 Å². The Morgan fingerprint density at radius 2 is 1.71 bits per heavy atom. The lowest BCUT2D eigenvalue weighted by Crippen LogP contribution is -2.27. The van der Waals surface area contributed by atoms with Crippen LogP contribution in [-0.4, -0.2) is 32.5 Å². The van der Waals surface area contributed by atoms with Crippen molar-refractivity contribution in [1.82, 2.24) is 0 Å². The molecule has 1 aliphatic rings. The van der Waals surface area contributed by atoms with Crippen molar-refractivity contribution in [3.8, 4) is 5.75 Å². The summed E-state index contributed by atoms with van der Waals surface area (Å²) in [4.78, 5) is 25.9. The topological polar surface area (TPSA) is 65.1 Å². The predicted octanol–water partition coefficient (Wildman–Crippen LogP) is 4.15. The zero-order valence-corrected chi connectivity index (χ0v) is 16.6. The van der Waals surface area contributed by atoms with Crippen LogP contribution < -0.4 is 9.64 Å². The third-order valence-corrected chi connectivity index (χ3v) is 4.20. The third-order valence-electron chi connectivity index (χ3n) is 3.59. The quantitative estimate of drug-likeness (QED) is 0.627. The second-order valence-electron chi connectivity index (χ2n) is 5.43. The number of hydrogen-bond donors (Lipinski definition) is 0. The van der Waals surface area contributed by atoms with Gasteiger partial charge >= 0.3 is 18.3 Å². The van der Waals surface area contributed by atoms with Crippen molar-refractivity contribution in [3.63, 3.8) is 0 Å². The molecule has 150 valence electrons. The average Bonchev–Trinajstić information content (AvgIpc) is 2.81. The number of carbonyl (C=O) groups is 2. The zero-order valence-electron chi connectivity index (χ0n) is 15.0. The summed E-state index contributed by atoms with van der Waals surface area (Å²) in [6.07, 6.45) is 1.05. The van der Waals surface area contributed by atoms with E-state index in [1.165, 1.54) is 30.2 Å². The molecule has 1 heterocycles. The van der Waals surface area contributed by atoms with Crippen molar-refractivity contribution in [2.45, 2.75) is 13.3 Å². The molecule has 0 aliphatic carbocycles. The third kappa shape index (κ3) is 4.75. The van der Waals surface area contributed by atoms with E-state index in [1.54, 1.807) is 6.08 Å². The second-order valence-corrected chi connectivity index (χ2v) is 6.29. The van der Waals surface area contributed by atoms with Gasteiger partial charge in [0, 0.05) is 10.7 Å². The number of aryl methyl sites for hydroxylation is 1. The second kappa shape index (κ2) is 8.51. The van der Waals surface area contributed by atoms with Crippen LogP contribution in [0.4, 0.5) is 18.9 Å². The number of halogens is 4. The molecule has 0 radical (unpaired) electrons. The molecule has 1 aromatic rings. The molecule has 0 unspecified atom stereocenters. The van der Waals surface area contributed by atoms with E-state index in [1.807, 2.05) is 0 Å². The summed E-state index contributed by atoms with van der Waals surface area (Å²) in [7, 11) is 2.30. The van der Waals surface area contributed by atoms with E-state index in [0.717, 1.165) is 26.4 Å². The molecular formula is C18H15BrF3NO5. The van der Waals surface area contributed by atoms with E-state index in [0.29, 0.717) is 11.3 Å². The van der Waals surface area contributed by atoms with Crippen LogP contribution in [0, 0.1) is 6.92 Å². The molecule has 0 bridgehead atoms. The van der Waals surface area contributed by atoms with Gasteiger partial charge in [-0.2, -0.15) is 0 Å². The van der Waals surface area contributed by atoms with Crippen molar-refractivity contribution in [1.29, 1.82) is 0 Å². The molecule has 0 N–H and O–H groups in total. The van der Waals surface area contributed by atoms with Gasteiger partial charge in [-0.15, -0.1) is 13.2 Å². The Labute approximate surface area is 167 Å². The number of anilines is 1. The Kier molecular flexibility index (Phi) is 6.55. The summed E-state index contributed by atoms with van der Waals surface area (Å²) in [5.41, 5.74) is 0.413. The molecule has 0 spiro atoms. The lowest BCUT2D eigenvalue weighted by Gasteiger charge is -2.26. The molecule has 10 heteroatoms. The summed E-state index contributed by atoms with van der Waals surface area (Å²) < 4.78 is 51.2. The molecular weight excluding hydrogens is 447 g/mol. The highest BCUT2D eigenvalue weighted by molar-refractivity contribution is 9.10. The van der Waals surface area contributed by atoms with Crippen molar-refractivity contribution in [3.05, 3.63) is 57.9 Å². The normalized spacial score (nSPS) is 14.0. The number of alkyl halides is 3. The van der Waals surface area contributed by atoms with Crippen LogP contribution in [-0.2, 0) is 19.1 Å². The largest absolute Gasteiger partial charge is 0.573 e. The molecule has 2 rings (SSSR count). The highest BCUT2D eigenvalue weighted by Crippen LogP contribution is 2.39. The number of hydrogen-bond acceptors (Lipinski definition) is 6. The maximum Gasteiger partial charge on any atom is 0.573 e. The number of allylic oxidation sites excluding steroid dienone is 2. The van der Waals surface area contributed by atoms with Crippen LogP contribution >= 0.6 is 15.9 Å². The molecule has 6 nitrogen and oxygen atoms in total. The highest BCUT2D eigenvalue weighted by atomic mass is 79.9. The van der Waals surface area contributed by atoms with E-state index >= 15 is 0 Å². The van der Waals surface area contributed by atoms with Gasteiger partial charge in [-0.05, 0) is 52.7 Å². The maximum absolute atomic E-state index is 12.5. The van der Waals surface area contributed by atoms with E-state index < -0.39 is 24.1 Å². The van der Waals surface area contributed by atoms with Crippen molar-refractivity contribution in [2.75, 3.05) is 19.1 Å². The first-order valence-corrected chi connectivity index (χ1v) is 8.49. The van der Waals surface area contributed by atoms with Gasteiger partial charge in [0.25, 0.3) is 0 Å². The molecule has 1 aliphatic heterocycles. The molecule has 28 heavy (non-hydrogen) atoms. The first kappa shape index (κ1) is 21.5. The summed E-state index contributed by atoms with van der Waals surface area (Å²) >= 11 is 3.20. The minimum Gasteiger partial charge on any atom is -0.465 e. The van der Waals surface area contributed by atoms with Crippen LogP contribution in [0.1, 0.15) is 5.56 Å². The van der Waals surface area contributed by atoms with Gasteiger partial charge < -0.3 is 19.1 Å². The van der Waals surface area contributed by atoms with Crippen molar-refractivity contribution >= 4 is 33.6 Å². The summed E-state index contributed by atoms with van der Waals surface area (Å²) in [5.74, 6) is -2.05. The Balaban J connectivity index is 2.67. The number of nitrogens with zero attached hydrogens (tertiary/aromatic N) is 1. The van der Waals surface area contributed by atoms with Gasteiger partial charge in [-0.25, -0.2) is 9.59 Å².